The van der Waals surface area contributed by atoms with Crippen molar-refractivity contribution in [1.82, 2.24) is 9.97 Å². The fourth-order valence-electron chi connectivity index (χ4n) is 1.26. The van der Waals surface area contributed by atoms with E-state index in [0.29, 0.717) is 6.01 Å². The second-order valence-electron chi connectivity index (χ2n) is 2.91. The van der Waals surface area contributed by atoms with Gasteiger partial charge in [0, 0.05) is 16.2 Å². The van der Waals surface area contributed by atoms with E-state index in [4.69, 9.17) is 4.74 Å². The van der Waals surface area contributed by atoms with Crippen LogP contribution >= 0.6 is 15.9 Å². The third-order valence-electron chi connectivity index (χ3n) is 1.97. The minimum absolute atomic E-state index is 0.378. The lowest BCUT2D eigenvalue weighted by Gasteiger charge is -2.04. The average molecular weight is 265 g/mol. The molecule has 0 aliphatic heterocycles. The van der Waals surface area contributed by atoms with E-state index in [1.54, 1.807) is 13.3 Å². The van der Waals surface area contributed by atoms with Gasteiger partial charge in [-0.15, -0.1) is 0 Å². The molecule has 1 heterocycles. The summed E-state index contributed by atoms with van der Waals surface area (Å²) in [4.78, 5) is 8.22. The van der Waals surface area contributed by atoms with Crippen LogP contribution in [0.4, 0.5) is 0 Å². The Balaban J connectivity index is 2.49. The number of halogens is 1. The van der Waals surface area contributed by atoms with Crippen molar-refractivity contribution in [2.45, 2.75) is 0 Å². The van der Waals surface area contributed by atoms with Crippen molar-refractivity contribution in [2.24, 2.45) is 0 Å². The Bertz CT molecular complexity index is 474. The van der Waals surface area contributed by atoms with Crippen LogP contribution in [0, 0.1) is 0 Å². The molecule has 0 unspecified atom stereocenters. The summed E-state index contributed by atoms with van der Waals surface area (Å²) >= 11 is 3.48. The Kier molecular flexibility index (Phi) is 2.97. The fraction of sp³-hybridized carbons (Fsp3) is 0.0909. The van der Waals surface area contributed by atoms with Gasteiger partial charge in [-0.05, 0) is 12.1 Å². The Morgan fingerprint density at radius 2 is 2.00 bits per heavy atom. The monoisotopic (exact) mass is 264 g/mol. The van der Waals surface area contributed by atoms with Crippen LogP contribution in [0.15, 0.2) is 41.0 Å². The first kappa shape index (κ1) is 10.1. The van der Waals surface area contributed by atoms with Gasteiger partial charge in [-0.25, -0.2) is 4.98 Å². The molecule has 0 atom stereocenters. The highest BCUT2D eigenvalue weighted by Crippen LogP contribution is 2.26. The number of nitrogens with zero attached hydrogens (tertiary/aromatic N) is 2. The van der Waals surface area contributed by atoms with Gasteiger partial charge >= 0.3 is 6.01 Å². The van der Waals surface area contributed by atoms with Gasteiger partial charge in [-0.1, -0.05) is 34.1 Å². The van der Waals surface area contributed by atoms with Gasteiger partial charge in [0.1, 0.15) is 0 Å². The van der Waals surface area contributed by atoms with Crippen LogP contribution in [0.3, 0.4) is 0 Å². The first-order valence-electron chi connectivity index (χ1n) is 4.43. The van der Waals surface area contributed by atoms with E-state index in [9.17, 15) is 0 Å². The maximum Gasteiger partial charge on any atom is 0.316 e. The lowest BCUT2D eigenvalue weighted by Crippen LogP contribution is -1.93. The molecule has 3 nitrogen and oxygen atoms in total. The minimum Gasteiger partial charge on any atom is -0.467 e. The third-order valence-corrected chi connectivity index (χ3v) is 2.66. The maximum atomic E-state index is 4.98. The molecule has 0 aliphatic rings. The summed E-state index contributed by atoms with van der Waals surface area (Å²) in [5.41, 5.74) is 1.87. The van der Waals surface area contributed by atoms with Crippen LogP contribution < -0.4 is 4.74 Å². The summed E-state index contributed by atoms with van der Waals surface area (Å²) in [6, 6.07) is 10.1. The zero-order chi connectivity index (χ0) is 10.7. The maximum absolute atomic E-state index is 4.98. The van der Waals surface area contributed by atoms with E-state index in [1.165, 1.54) is 0 Å². The predicted molar refractivity (Wildman–Crippen MR) is 61.7 cm³/mol. The minimum atomic E-state index is 0.378. The molecule has 0 saturated carbocycles. The number of rotatable bonds is 2. The molecule has 0 saturated heterocycles. The number of ether oxygens (including phenoxy) is 1. The number of methoxy groups -OCH3 is 1. The summed E-state index contributed by atoms with van der Waals surface area (Å²) < 4.78 is 5.98. The van der Waals surface area contributed by atoms with Gasteiger partial charge in [0.25, 0.3) is 0 Å². The van der Waals surface area contributed by atoms with Gasteiger partial charge in [-0.2, -0.15) is 4.98 Å². The second kappa shape index (κ2) is 4.40. The Morgan fingerprint density at radius 3 is 2.73 bits per heavy atom. The number of hydrogen-bond donors (Lipinski definition) is 0. The summed E-state index contributed by atoms with van der Waals surface area (Å²) in [5, 5.41) is 0. The van der Waals surface area contributed by atoms with Crippen LogP contribution in [-0.4, -0.2) is 17.1 Å². The molecule has 0 fully saturated rings. The van der Waals surface area contributed by atoms with Crippen molar-refractivity contribution in [3.8, 4) is 17.3 Å². The molecule has 0 N–H and O–H groups in total. The fourth-order valence-corrected chi connectivity index (χ4v) is 1.75. The molecule has 0 amide bonds. The lowest BCUT2D eigenvalue weighted by atomic mass is 10.1. The van der Waals surface area contributed by atoms with Crippen molar-refractivity contribution in [1.29, 1.82) is 0 Å². The molecule has 1 aromatic carbocycles. The highest BCUT2D eigenvalue weighted by Gasteiger charge is 2.04. The predicted octanol–water partition coefficient (Wildman–Crippen LogP) is 2.91. The van der Waals surface area contributed by atoms with Crippen LogP contribution in [0.1, 0.15) is 0 Å². The highest BCUT2D eigenvalue weighted by atomic mass is 79.9. The van der Waals surface area contributed by atoms with Crippen molar-refractivity contribution < 1.29 is 4.74 Å². The van der Waals surface area contributed by atoms with E-state index in [0.717, 1.165) is 15.7 Å². The molecule has 2 rings (SSSR count). The first-order valence-corrected chi connectivity index (χ1v) is 5.22. The molecule has 4 heteroatoms. The van der Waals surface area contributed by atoms with Crippen molar-refractivity contribution >= 4 is 15.9 Å². The van der Waals surface area contributed by atoms with E-state index < -0.39 is 0 Å². The van der Waals surface area contributed by atoms with Gasteiger partial charge in [-0.3, -0.25) is 0 Å². The Hall–Kier alpha value is -1.42. The molecule has 15 heavy (non-hydrogen) atoms. The first-order chi connectivity index (χ1) is 7.31. The highest BCUT2D eigenvalue weighted by molar-refractivity contribution is 9.10. The molecule has 0 bridgehead atoms. The SMILES string of the molecule is COc1nccc(-c2ccccc2Br)n1. The van der Waals surface area contributed by atoms with Crippen LogP contribution in [-0.2, 0) is 0 Å². The van der Waals surface area contributed by atoms with Gasteiger partial charge in [0.2, 0.25) is 0 Å². The standard InChI is InChI=1S/C11H9BrN2O/c1-15-11-13-7-6-10(14-11)8-4-2-3-5-9(8)12/h2-7H,1H3. The zero-order valence-electron chi connectivity index (χ0n) is 8.14. The number of aromatic nitrogens is 2. The number of benzene rings is 1. The molecular formula is C11H9BrN2O. The van der Waals surface area contributed by atoms with Gasteiger partial charge in [0.05, 0.1) is 12.8 Å². The normalized spacial score (nSPS) is 10.0. The zero-order valence-corrected chi connectivity index (χ0v) is 9.73. The van der Waals surface area contributed by atoms with Gasteiger partial charge < -0.3 is 4.74 Å². The van der Waals surface area contributed by atoms with Crippen LogP contribution in [0.2, 0.25) is 0 Å². The quantitative estimate of drug-likeness (QED) is 0.837. The van der Waals surface area contributed by atoms with Crippen LogP contribution in [0.25, 0.3) is 11.3 Å². The van der Waals surface area contributed by atoms with E-state index in [1.807, 2.05) is 30.3 Å². The van der Waals surface area contributed by atoms with Crippen molar-refractivity contribution in [2.75, 3.05) is 7.11 Å². The second-order valence-corrected chi connectivity index (χ2v) is 3.76. The summed E-state index contributed by atoms with van der Waals surface area (Å²) in [5.74, 6) is 0. The molecule has 1 aromatic heterocycles. The lowest BCUT2D eigenvalue weighted by molar-refractivity contribution is 0.380. The van der Waals surface area contributed by atoms with Crippen molar-refractivity contribution in [3.05, 3.63) is 41.0 Å². The Labute approximate surface area is 96.3 Å². The Morgan fingerprint density at radius 1 is 1.20 bits per heavy atom. The molecule has 0 radical (unpaired) electrons. The molecule has 0 spiro atoms. The topological polar surface area (TPSA) is 35.0 Å². The van der Waals surface area contributed by atoms with E-state index >= 15 is 0 Å². The summed E-state index contributed by atoms with van der Waals surface area (Å²) in [6.45, 7) is 0. The smallest absolute Gasteiger partial charge is 0.316 e. The molecule has 0 aliphatic carbocycles. The molecule has 2 aromatic rings. The number of hydrogen-bond acceptors (Lipinski definition) is 3. The average Bonchev–Trinajstić information content (AvgIpc) is 2.30. The molecule has 76 valence electrons. The van der Waals surface area contributed by atoms with Crippen molar-refractivity contribution in [3.63, 3.8) is 0 Å². The van der Waals surface area contributed by atoms with Crippen LogP contribution in [0.5, 0.6) is 6.01 Å². The molecular weight excluding hydrogens is 256 g/mol. The van der Waals surface area contributed by atoms with E-state index in [-0.39, 0.29) is 0 Å². The summed E-state index contributed by atoms with van der Waals surface area (Å²) in [6.07, 6.45) is 1.68. The summed E-state index contributed by atoms with van der Waals surface area (Å²) in [7, 11) is 1.55. The third kappa shape index (κ3) is 2.15. The van der Waals surface area contributed by atoms with Gasteiger partial charge in [0.15, 0.2) is 0 Å². The van der Waals surface area contributed by atoms with E-state index in [2.05, 4.69) is 25.9 Å². The largest absolute Gasteiger partial charge is 0.467 e.